The van der Waals surface area contributed by atoms with Crippen molar-refractivity contribution in [3.8, 4) is 0 Å². The fraction of sp³-hybridized carbons (Fsp3) is 0.737. The molecule has 1 fully saturated rings. The number of hydrogen-bond donors (Lipinski definition) is 3. The monoisotopic (exact) mass is 368 g/mol. The zero-order valence-corrected chi connectivity index (χ0v) is 17.1. The first-order chi connectivity index (χ1) is 12.1. The van der Waals surface area contributed by atoms with E-state index in [2.05, 4.69) is 59.9 Å². The summed E-state index contributed by atoms with van der Waals surface area (Å²) in [5, 5.41) is 5.80. The summed E-state index contributed by atoms with van der Waals surface area (Å²) in [5.41, 5.74) is 5.80. The highest BCUT2D eigenvalue weighted by Gasteiger charge is 2.67. The Balaban J connectivity index is 0.000000333. The summed E-state index contributed by atoms with van der Waals surface area (Å²) >= 11 is 1.93. The molecule has 4 N–H and O–H groups in total. The molecule has 0 aromatic carbocycles. The molecule has 2 rings (SSSR count). The van der Waals surface area contributed by atoms with Crippen molar-refractivity contribution in [3.63, 3.8) is 0 Å². The second kappa shape index (κ2) is 11.0. The maximum atomic E-state index is 10.3. The van der Waals surface area contributed by atoms with E-state index in [1.54, 1.807) is 0 Å². The summed E-state index contributed by atoms with van der Waals surface area (Å²) in [6, 6.07) is 0.391. The Morgan fingerprint density at radius 3 is 2.60 bits per heavy atom. The van der Waals surface area contributed by atoms with E-state index in [-0.39, 0.29) is 10.3 Å². The molecule has 0 spiro atoms. The molecule has 0 aromatic heterocycles. The Morgan fingerprint density at radius 2 is 2.04 bits per heavy atom. The molecule has 0 radical (unpaired) electrons. The number of likely N-dealkylation sites (N-methyl/N-ethyl adjacent to an activating group) is 1. The van der Waals surface area contributed by atoms with E-state index in [0.717, 1.165) is 45.4 Å². The number of amides is 1. The number of thioether (sulfide) groups is 1. The summed E-state index contributed by atoms with van der Waals surface area (Å²) in [7, 11) is 1.95. The zero-order valence-electron chi connectivity index (χ0n) is 16.3. The van der Waals surface area contributed by atoms with Crippen molar-refractivity contribution in [2.75, 3.05) is 39.5 Å². The first-order valence-corrected chi connectivity index (χ1v) is 10.5. The number of rotatable bonds is 11. The van der Waals surface area contributed by atoms with Crippen LogP contribution in [0.3, 0.4) is 0 Å². The normalized spacial score (nSPS) is 27.3. The van der Waals surface area contributed by atoms with Crippen molar-refractivity contribution < 1.29 is 4.79 Å². The van der Waals surface area contributed by atoms with Crippen molar-refractivity contribution in [1.82, 2.24) is 15.5 Å². The van der Waals surface area contributed by atoms with E-state index in [4.69, 9.17) is 5.73 Å². The van der Waals surface area contributed by atoms with Crippen LogP contribution in [0.15, 0.2) is 24.3 Å². The number of nitrogens with zero attached hydrogens (tertiary/aromatic N) is 1. The van der Waals surface area contributed by atoms with E-state index in [9.17, 15) is 4.79 Å². The largest absolute Gasteiger partial charge is 0.357 e. The maximum absolute atomic E-state index is 10.3. The molecule has 1 amide bonds. The van der Waals surface area contributed by atoms with E-state index < -0.39 is 0 Å². The minimum atomic E-state index is 0.181. The predicted molar refractivity (Wildman–Crippen MR) is 110 cm³/mol. The van der Waals surface area contributed by atoms with Crippen LogP contribution in [0, 0.1) is 0 Å². The lowest BCUT2D eigenvalue weighted by atomic mass is 10.1. The Hall–Kier alpha value is -0.820. The van der Waals surface area contributed by atoms with Gasteiger partial charge >= 0.3 is 0 Å². The Labute approximate surface area is 157 Å². The van der Waals surface area contributed by atoms with Crippen molar-refractivity contribution in [3.05, 3.63) is 24.3 Å². The number of allylic oxidation sites excluding steroid dienone is 2. The van der Waals surface area contributed by atoms with Gasteiger partial charge in [-0.25, -0.2) is 0 Å². The lowest BCUT2D eigenvalue weighted by Crippen LogP contribution is -2.45. The predicted octanol–water partition coefficient (Wildman–Crippen LogP) is 1.76. The highest BCUT2D eigenvalue weighted by Crippen LogP contribution is 2.63. The molecule has 25 heavy (non-hydrogen) atoms. The van der Waals surface area contributed by atoms with Crippen molar-refractivity contribution in [2.45, 2.75) is 49.4 Å². The summed E-state index contributed by atoms with van der Waals surface area (Å²) in [5.74, 6) is 0. The van der Waals surface area contributed by atoms with Gasteiger partial charge < -0.3 is 16.4 Å². The molecule has 3 unspecified atom stereocenters. The van der Waals surface area contributed by atoms with E-state index in [1.807, 2.05) is 18.8 Å². The van der Waals surface area contributed by atoms with Gasteiger partial charge in [0.05, 0.1) is 10.3 Å². The van der Waals surface area contributed by atoms with Crippen LogP contribution in [0.4, 0.5) is 0 Å². The molecule has 0 bridgehead atoms. The highest BCUT2D eigenvalue weighted by molar-refractivity contribution is 8.00. The van der Waals surface area contributed by atoms with Gasteiger partial charge in [-0.3, -0.25) is 9.69 Å². The standard InChI is InChI=1S/C13H20N2OS.C6H16N2/c1-3-15(9-8-14-11-16)12-6-4-5-7-13(12,10-12)17-2;1-3-6(7)4-5-8-2/h4-7,11H,3,8-10H2,1-2H3,(H,14,16);6,8H,3-5,7H2,1-2H3. The quantitative estimate of drug-likeness (QED) is 0.383. The van der Waals surface area contributed by atoms with Crippen molar-refractivity contribution >= 4 is 18.2 Å². The lowest BCUT2D eigenvalue weighted by Gasteiger charge is -2.33. The summed E-state index contributed by atoms with van der Waals surface area (Å²) in [4.78, 5) is 12.8. The van der Waals surface area contributed by atoms with Gasteiger partial charge in [0.15, 0.2) is 0 Å². The van der Waals surface area contributed by atoms with Crippen molar-refractivity contribution in [1.29, 1.82) is 0 Å². The summed E-state index contributed by atoms with van der Waals surface area (Å²) in [6.45, 7) is 7.98. The number of fused-ring (bicyclic) bond motifs is 1. The molecule has 2 aliphatic carbocycles. The van der Waals surface area contributed by atoms with Crippen LogP contribution in [0.5, 0.6) is 0 Å². The van der Waals surface area contributed by atoms with Crippen LogP contribution in [0.1, 0.15) is 33.1 Å². The van der Waals surface area contributed by atoms with Gasteiger partial charge in [0, 0.05) is 19.1 Å². The third-order valence-corrected chi connectivity index (χ3v) is 6.56. The SMILES string of the molecule is CCC(N)CCNC.CCN(CCNC=O)C12C=CC=CC1(SC)C2. The number of nitrogens with one attached hydrogen (secondary N) is 2. The van der Waals surface area contributed by atoms with Gasteiger partial charge in [-0.2, -0.15) is 11.8 Å². The number of carbonyl (C=O) groups is 1. The topological polar surface area (TPSA) is 70.4 Å². The second-order valence-electron chi connectivity index (χ2n) is 6.63. The van der Waals surface area contributed by atoms with Crippen LogP contribution in [0.2, 0.25) is 0 Å². The number of hydrogen-bond acceptors (Lipinski definition) is 5. The van der Waals surface area contributed by atoms with Gasteiger partial charge in [0.1, 0.15) is 0 Å². The minimum absolute atomic E-state index is 0.181. The molecule has 5 nitrogen and oxygen atoms in total. The Morgan fingerprint density at radius 1 is 1.32 bits per heavy atom. The second-order valence-corrected chi connectivity index (χ2v) is 7.76. The Bertz CT molecular complexity index is 457. The lowest BCUT2D eigenvalue weighted by molar-refractivity contribution is -0.109. The van der Waals surface area contributed by atoms with Crippen LogP contribution >= 0.6 is 11.8 Å². The molecular weight excluding hydrogens is 332 g/mol. The summed E-state index contributed by atoms with van der Waals surface area (Å²) < 4.78 is 0.263. The van der Waals surface area contributed by atoms with Gasteiger partial charge in [-0.1, -0.05) is 38.2 Å². The van der Waals surface area contributed by atoms with Gasteiger partial charge in [-0.15, -0.1) is 0 Å². The maximum Gasteiger partial charge on any atom is 0.207 e. The van der Waals surface area contributed by atoms with E-state index in [1.165, 1.54) is 6.42 Å². The van der Waals surface area contributed by atoms with Crippen molar-refractivity contribution in [2.24, 2.45) is 5.73 Å². The molecular formula is C19H36N4OS. The van der Waals surface area contributed by atoms with Gasteiger partial charge in [0.2, 0.25) is 6.41 Å². The molecule has 3 atom stereocenters. The minimum Gasteiger partial charge on any atom is -0.357 e. The fourth-order valence-electron chi connectivity index (χ4n) is 3.42. The first kappa shape index (κ1) is 22.2. The zero-order chi connectivity index (χ0) is 18.8. The van der Waals surface area contributed by atoms with Crippen LogP contribution < -0.4 is 16.4 Å². The molecule has 6 heteroatoms. The number of carbonyl (C=O) groups excluding carboxylic acids is 1. The van der Waals surface area contributed by atoms with E-state index >= 15 is 0 Å². The van der Waals surface area contributed by atoms with Gasteiger partial charge in [0.25, 0.3) is 0 Å². The van der Waals surface area contributed by atoms with Crippen LogP contribution in [-0.4, -0.2) is 67.1 Å². The molecule has 0 aromatic rings. The summed E-state index contributed by atoms with van der Waals surface area (Å²) in [6.07, 6.45) is 15.3. The molecule has 0 heterocycles. The molecule has 2 aliphatic rings. The smallest absolute Gasteiger partial charge is 0.207 e. The highest BCUT2D eigenvalue weighted by atomic mass is 32.2. The third-order valence-electron chi connectivity index (χ3n) is 5.20. The van der Waals surface area contributed by atoms with Gasteiger partial charge in [-0.05, 0) is 45.7 Å². The number of nitrogens with two attached hydrogens (primary N) is 1. The average molecular weight is 369 g/mol. The fourth-order valence-corrected chi connectivity index (χ4v) is 4.55. The molecule has 1 saturated carbocycles. The first-order valence-electron chi connectivity index (χ1n) is 9.30. The van der Waals surface area contributed by atoms with E-state index in [0.29, 0.717) is 6.04 Å². The Kier molecular flexibility index (Phi) is 9.79. The van der Waals surface area contributed by atoms with Crippen LogP contribution in [-0.2, 0) is 4.79 Å². The molecule has 0 aliphatic heterocycles. The molecule has 144 valence electrons. The third kappa shape index (κ3) is 5.58. The molecule has 0 saturated heterocycles. The average Bonchev–Trinajstić information content (AvgIpc) is 3.34. The van der Waals surface area contributed by atoms with Crippen LogP contribution in [0.25, 0.3) is 0 Å².